The van der Waals surface area contributed by atoms with Gasteiger partial charge in [-0.2, -0.15) is 0 Å². The fraction of sp³-hybridized carbons (Fsp3) is 0.500. The standard InChI is InChI=1S/C8H12O2/c1-6-3-4-8(10-2)7(9)5-6/h3-5,7-9H,1-2H3. The third kappa shape index (κ3) is 1.46. The van der Waals surface area contributed by atoms with Crippen molar-refractivity contribution in [1.82, 2.24) is 0 Å². The second-order valence-corrected chi connectivity index (χ2v) is 2.46. The van der Waals surface area contributed by atoms with Crippen LogP contribution in [0.15, 0.2) is 23.8 Å². The molecule has 0 aromatic heterocycles. The second-order valence-electron chi connectivity index (χ2n) is 2.46. The summed E-state index contributed by atoms with van der Waals surface area (Å²) in [5, 5.41) is 9.29. The molecule has 2 nitrogen and oxygen atoms in total. The third-order valence-electron chi connectivity index (χ3n) is 1.59. The van der Waals surface area contributed by atoms with Crippen LogP contribution in [0.3, 0.4) is 0 Å². The van der Waals surface area contributed by atoms with Gasteiger partial charge in [0, 0.05) is 7.11 Å². The Morgan fingerprint density at radius 2 is 2.30 bits per heavy atom. The molecule has 1 aliphatic carbocycles. The predicted molar refractivity (Wildman–Crippen MR) is 39.7 cm³/mol. The van der Waals surface area contributed by atoms with E-state index in [0.29, 0.717) is 0 Å². The lowest BCUT2D eigenvalue weighted by molar-refractivity contribution is 0.0411. The molecule has 0 radical (unpaired) electrons. The first kappa shape index (κ1) is 7.51. The summed E-state index contributed by atoms with van der Waals surface area (Å²) >= 11 is 0. The van der Waals surface area contributed by atoms with Gasteiger partial charge in [-0.3, -0.25) is 0 Å². The van der Waals surface area contributed by atoms with Crippen LogP contribution in [0.25, 0.3) is 0 Å². The summed E-state index contributed by atoms with van der Waals surface area (Å²) in [6.45, 7) is 1.95. The van der Waals surface area contributed by atoms with E-state index < -0.39 is 6.10 Å². The van der Waals surface area contributed by atoms with Crippen LogP contribution >= 0.6 is 0 Å². The third-order valence-corrected chi connectivity index (χ3v) is 1.59. The van der Waals surface area contributed by atoms with E-state index in [0.717, 1.165) is 5.57 Å². The highest BCUT2D eigenvalue weighted by molar-refractivity contribution is 5.25. The Labute approximate surface area is 60.8 Å². The van der Waals surface area contributed by atoms with Crippen molar-refractivity contribution in [3.05, 3.63) is 23.8 Å². The maximum Gasteiger partial charge on any atom is 0.105 e. The lowest BCUT2D eigenvalue weighted by Gasteiger charge is -2.18. The summed E-state index contributed by atoms with van der Waals surface area (Å²) in [4.78, 5) is 0. The van der Waals surface area contributed by atoms with Gasteiger partial charge < -0.3 is 9.84 Å². The first-order valence-electron chi connectivity index (χ1n) is 3.31. The van der Waals surface area contributed by atoms with Gasteiger partial charge in [0.15, 0.2) is 0 Å². The Morgan fingerprint density at radius 1 is 1.60 bits per heavy atom. The van der Waals surface area contributed by atoms with E-state index in [2.05, 4.69) is 0 Å². The van der Waals surface area contributed by atoms with Crippen molar-refractivity contribution in [2.24, 2.45) is 0 Å². The van der Waals surface area contributed by atoms with Crippen LogP contribution in [0.1, 0.15) is 6.92 Å². The number of aliphatic hydroxyl groups is 1. The first-order chi connectivity index (χ1) is 4.74. The molecule has 1 N–H and O–H groups in total. The average Bonchev–Trinajstić information content (AvgIpc) is 1.88. The lowest BCUT2D eigenvalue weighted by atomic mass is 10.0. The molecule has 0 aromatic rings. The van der Waals surface area contributed by atoms with E-state index in [1.165, 1.54) is 0 Å². The molecule has 0 spiro atoms. The predicted octanol–water partition coefficient (Wildman–Crippen LogP) is 0.878. The highest BCUT2D eigenvalue weighted by atomic mass is 16.5. The molecular formula is C8H12O2. The van der Waals surface area contributed by atoms with Crippen LogP contribution in [0.2, 0.25) is 0 Å². The Bertz CT molecular complexity index is 170. The molecule has 0 bridgehead atoms. The minimum Gasteiger partial charge on any atom is -0.386 e. The SMILES string of the molecule is COC1C=CC(C)=CC1O. The molecule has 2 atom stereocenters. The molecule has 2 unspecified atom stereocenters. The summed E-state index contributed by atoms with van der Waals surface area (Å²) in [5.74, 6) is 0. The quantitative estimate of drug-likeness (QED) is 0.585. The van der Waals surface area contributed by atoms with Crippen molar-refractivity contribution in [2.45, 2.75) is 19.1 Å². The molecule has 0 aromatic carbocycles. The van der Waals surface area contributed by atoms with Crippen LogP contribution in [0.4, 0.5) is 0 Å². The van der Waals surface area contributed by atoms with Crippen molar-refractivity contribution >= 4 is 0 Å². The summed E-state index contributed by atoms with van der Waals surface area (Å²) in [6, 6.07) is 0. The molecule has 0 heterocycles. The van der Waals surface area contributed by atoms with Gasteiger partial charge in [-0.25, -0.2) is 0 Å². The number of hydrogen-bond acceptors (Lipinski definition) is 2. The minimum atomic E-state index is -0.477. The number of allylic oxidation sites excluding steroid dienone is 2. The molecule has 1 aliphatic rings. The molecule has 56 valence electrons. The van der Waals surface area contributed by atoms with Crippen molar-refractivity contribution in [2.75, 3.05) is 7.11 Å². The molecule has 1 rings (SSSR count). The molecule has 0 saturated carbocycles. The van der Waals surface area contributed by atoms with E-state index in [9.17, 15) is 5.11 Å². The van der Waals surface area contributed by atoms with E-state index in [-0.39, 0.29) is 6.10 Å². The van der Waals surface area contributed by atoms with Gasteiger partial charge in [-0.1, -0.05) is 23.8 Å². The Kier molecular flexibility index (Phi) is 2.25. The monoisotopic (exact) mass is 140 g/mol. The topological polar surface area (TPSA) is 29.5 Å². The Hall–Kier alpha value is -0.600. The van der Waals surface area contributed by atoms with Crippen LogP contribution in [0, 0.1) is 0 Å². The van der Waals surface area contributed by atoms with Gasteiger partial charge in [-0.15, -0.1) is 0 Å². The minimum absolute atomic E-state index is 0.163. The second kappa shape index (κ2) is 2.99. The van der Waals surface area contributed by atoms with Crippen molar-refractivity contribution in [3.63, 3.8) is 0 Å². The van der Waals surface area contributed by atoms with E-state index in [1.54, 1.807) is 13.2 Å². The largest absolute Gasteiger partial charge is 0.386 e. The van der Waals surface area contributed by atoms with Crippen LogP contribution in [0.5, 0.6) is 0 Å². The van der Waals surface area contributed by atoms with E-state index >= 15 is 0 Å². The lowest BCUT2D eigenvalue weighted by Crippen LogP contribution is -2.26. The first-order valence-corrected chi connectivity index (χ1v) is 3.31. The van der Waals surface area contributed by atoms with Crippen LogP contribution in [-0.2, 0) is 4.74 Å². The highest BCUT2D eigenvalue weighted by Gasteiger charge is 2.15. The number of hydrogen-bond donors (Lipinski definition) is 1. The average molecular weight is 140 g/mol. The van der Waals surface area contributed by atoms with Crippen LogP contribution < -0.4 is 0 Å². The molecule has 0 amide bonds. The maximum absolute atomic E-state index is 9.29. The molecule has 10 heavy (non-hydrogen) atoms. The maximum atomic E-state index is 9.29. The zero-order valence-corrected chi connectivity index (χ0v) is 6.24. The molecule has 0 aliphatic heterocycles. The van der Waals surface area contributed by atoms with Crippen molar-refractivity contribution in [3.8, 4) is 0 Å². The number of methoxy groups -OCH3 is 1. The summed E-state index contributed by atoms with van der Waals surface area (Å²) in [5.41, 5.74) is 1.08. The normalized spacial score (nSPS) is 32.1. The van der Waals surface area contributed by atoms with E-state index in [4.69, 9.17) is 4.74 Å². The van der Waals surface area contributed by atoms with Crippen molar-refractivity contribution in [1.29, 1.82) is 0 Å². The van der Waals surface area contributed by atoms with Crippen LogP contribution in [-0.4, -0.2) is 24.4 Å². The van der Waals surface area contributed by atoms with Gasteiger partial charge in [0.05, 0.1) is 0 Å². The van der Waals surface area contributed by atoms with Gasteiger partial charge in [0.1, 0.15) is 12.2 Å². The molecule has 2 heteroatoms. The number of ether oxygens (including phenoxy) is 1. The molecule has 0 saturated heterocycles. The Balaban J connectivity index is 2.64. The fourth-order valence-corrected chi connectivity index (χ4v) is 0.998. The van der Waals surface area contributed by atoms with Gasteiger partial charge in [0.25, 0.3) is 0 Å². The highest BCUT2D eigenvalue weighted by Crippen LogP contribution is 2.12. The van der Waals surface area contributed by atoms with E-state index in [1.807, 2.05) is 19.1 Å². The number of aliphatic hydroxyl groups excluding tert-OH is 1. The fourth-order valence-electron chi connectivity index (χ4n) is 0.998. The van der Waals surface area contributed by atoms with Gasteiger partial charge in [0.2, 0.25) is 0 Å². The summed E-state index contributed by atoms with van der Waals surface area (Å²) in [6.07, 6.45) is 4.95. The summed E-state index contributed by atoms with van der Waals surface area (Å²) < 4.78 is 4.97. The van der Waals surface area contributed by atoms with Crippen molar-refractivity contribution < 1.29 is 9.84 Å². The Morgan fingerprint density at radius 3 is 2.80 bits per heavy atom. The van der Waals surface area contributed by atoms with Gasteiger partial charge >= 0.3 is 0 Å². The summed E-state index contributed by atoms with van der Waals surface area (Å²) in [7, 11) is 1.59. The number of rotatable bonds is 1. The molecular weight excluding hydrogens is 128 g/mol. The van der Waals surface area contributed by atoms with Gasteiger partial charge in [-0.05, 0) is 6.92 Å². The zero-order valence-electron chi connectivity index (χ0n) is 6.24. The zero-order chi connectivity index (χ0) is 7.56. The smallest absolute Gasteiger partial charge is 0.105 e. The molecule has 0 fully saturated rings.